The predicted octanol–water partition coefficient (Wildman–Crippen LogP) is 6.74. The van der Waals surface area contributed by atoms with E-state index in [1.807, 2.05) is 4.68 Å². The molecule has 0 bridgehead atoms. The highest BCUT2D eigenvalue weighted by Gasteiger charge is 2.35. The van der Waals surface area contributed by atoms with E-state index in [1.54, 1.807) is 12.1 Å². The monoisotopic (exact) mass is 446 g/mol. The van der Waals surface area contributed by atoms with Crippen LogP contribution in [0, 0.1) is 11.2 Å². The van der Waals surface area contributed by atoms with Gasteiger partial charge in [0.15, 0.2) is 11.6 Å². The molecule has 0 radical (unpaired) electrons. The van der Waals surface area contributed by atoms with Crippen molar-refractivity contribution in [2.24, 2.45) is 5.41 Å². The molecule has 0 unspecified atom stereocenters. The topological polar surface area (TPSA) is 34.0 Å². The molecule has 1 spiro atoms. The van der Waals surface area contributed by atoms with Crippen LogP contribution in [0.1, 0.15) is 76.1 Å². The van der Waals surface area contributed by atoms with Crippen LogP contribution in [0.5, 0.6) is 0 Å². The lowest BCUT2D eigenvalue weighted by atomic mass is 9.68. The van der Waals surface area contributed by atoms with E-state index in [-0.39, 0.29) is 5.82 Å². The Balaban J connectivity index is 1.39. The summed E-state index contributed by atoms with van der Waals surface area (Å²) in [6.45, 7) is 7.42. The molecule has 3 aromatic rings. The van der Waals surface area contributed by atoms with E-state index in [2.05, 4.69) is 43.0 Å². The summed E-state index contributed by atoms with van der Waals surface area (Å²) in [5.74, 6) is 1.89. The van der Waals surface area contributed by atoms with Crippen LogP contribution < -0.4 is 0 Å². The van der Waals surface area contributed by atoms with Gasteiger partial charge in [0.2, 0.25) is 0 Å². The molecule has 2 heterocycles. The molecule has 1 saturated heterocycles. The van der Waals surface area contributed by atoms with Crippen LogP contribution in [0.4, 0.5) is 4.39 Å². The van der Waals surface area contributed by atoms with E-state index in [0.29, 0.717) is 11.3 Å². The van der Waals surface area contributed by atoms with Gasteiger partial charge in [-0.2, -0.15) is 0 Å². The smallest absolute Gasteiger partial charge is 0.165 e. The molecule has 2 fully saturated rings. The first kappa shape index (κ1) is 22.3. The van der Waals surface area contributed by atoms with Gasteiger partial charge in [0.05, 0.1) is 12.2 Å². The molecule has 1 aliphatic heterocycles. The van der Waals surface area contributed by atoms with Crippen LogP contribution >= 0.6 is 0 Å². The number of nitrogens with zero attached hydrogens (tertiary/aromatic N) is 4. The third-order valence-electron chi connectivity index (χ3n) is 7.75. The minimum Gasteiger partial charge on any atom is -0.296 e. The molecule has 5 heteroatoms. The van der Waals surface area contributed by atoms with Crippen molar-refractivity contribution < 1.29 is 4.39 Å². The van der Waals surface area contributed by atoms with E-state index < -0.39 is 0 Å². The van der Waals surface area contributed by atoms with Gasteiger partial charge in [-0.25, -0.2) is 14.1 Å². The maximum Gasteiger partial charge on any atom is 0.165 e. The summed E-state index contributed by atoms with van der Waals surface area (Å²) in [7, 11) is 0. The van der Waals surface area contributed by atoms with Gasteiger partial charge in [-0.05, 0) is 79.9 Å². The Morgan fingerprint density at radius 1 is 0.879 bits per heavy atom. The SMILES string of the molecule is CC(C)c1ccc(-c2nc(CN3CCC4(CCCCC4)CC3)nn2-c2ccc(F)cc2)cc1. The van der Waals surface area contributed by atoms with Crippen LogP contribution in [0.2, 0.25) is 0 Å². The van der Waals surface area contributed by atoms with Gasteiger partial charge < -0.3 is 0 Å². The zero-order chi connectivity index (χ0) is 22.8. The Morgan fingerprint density at radius 3 is 2.18 bits per heavy atom. The van der Waals surface area contributed by atoms with Crippen molar-refractivity contribution in [3.63, 3.8) is 0 Å². The minimum atomic E-state index is -0.244. The maximum absolute atomic E-state index is 13.6. The summed E-state index contributed by atoms with van der Waals surface area (Å²) < 4.78 is 15.4. The Morgan fingerprint density at radius 2 is 1.55 bits per heavy atom. The summed E-state index contributed by atoms with van der Waals surface area (Å²) in [6, 6.07) is 15.1. The van der Waals surface area contributed by atoms with Gasteiger partial charge in [-0.1, -0.05) is 57.4 Å². The lowest BCUT2D eigenvalue weighted by Gasteiger charge is -2.44. The number of hydrogen-bond donors (Lipinski definition) is 0. The lowest BCUT2D eigenvalue weighted by molar-refractivity contribution is 0.0629. The number of benzene rings is 2. The summed E-state index contributed by atoms with van der Waals surface area (Å²) in [4.78, 5) is 7.48. The molecule has 0 atom stereocenters. The number of piperidine rings is 1. The zero-order valence-electron chi connectivity index (χ0n) is 19.9. The van der Waals surface area contributed by atoms with Gasteiger partial charge in [-0.15, -0.1) is 5.10 Å². The molecule has 0 N–H and O–H groups in total. The van der Waals surface area contributed by atoms with E-state index in [4.69, 9.17) is 10.1 Å². The fourth-order valence-electron chi connectivity index (χ4n) is 5.58. The number of likely N-dealkylation sites (tertiary alicyclic amines) is 1. The predicted molar refractivity (Wildman–Crippen MR) is 131 cm³/mol. The molecule has 1 aliphatic carbocycles. The molecule has 2 aromatic carbocycles. The number of rotatable bonds is 5. The van der Waals surface area contributed by atoms with Crippen LogP contribution in [-0.2, 0) is 6.54 Å². The van der Waals surface area contributed by atoms with E-state index in [0.717, 1.165) is 42.5 Å². The van der Waals surface area contributed by atoms with Crippen LogP contribution in [0.3, 0.4) is 0 Å². The van der Waals surface area contributed by atoms with Gasteiger partial charge >= 0.3 is 0 Å². The van der Waals surface area contributed by atoms with Gasteiger partial charge in [-0.3, -0.25) is 4.90 Å². The number of halogens is 1. The highest BCUT2D eigenvalue weighted by Crippen LogP contribution is 2.44. The highest BCUT2D eigenvalue weighted by atomic mass is 19.1. The molecule has 4 nitrogen and oxygen atoms in total. The zero-order valence-corrected chi connectivity index (χ0v) is 19.9. The van der Waals surface area contributed by atoms with Gasteiger partial charge in [0, 0.05) is 5.56 Å². The molecule has 1 saturated carbocycles. The van der Waals surface area contributed by atoms with Crippen LogP contribution in [0.15, 0.2) is 48.5 Å². The molecule has 1 aromatic heterocycles. The van der Waals surface area contributed by atoms with Crippen molar-refractivity contribution >= 4 is 0 Å². The highest BCUT2D eigenvalue weighted by molar-refractivity contribution is 5.58. The fraction of sp³-hybridized carbons (Fsp3) is 0.500. The van der Waals surface area contributed by atoms with Crippen molar-refractivity contribution in [2.45, 2.75) is 71.3 Å². The van der Waals surface area contributed by atoms with Crippen molar-refractivity contribution in [1.82, 2.24) is 19.7 Å². The Bertz CT molecular complexity index is 1050. The second-order valence-corrected chi connectivity index (χ2v) is 10.4. The first-order valence-electron chi connectivity index (χ1n) is 12.6. The van der Waals surface area contributed by atoms with Crippen LogP contribution in [-0.4, -0.2) is 32.8 Å². The van der Waals surface area contributed by atoms with Crippen molar-refractivity contribution in [1.29, 1.82) is 0 Å². The van der Waals surface area contributed by atoms with E-state index >= 15 is 0 Å². The summed E-state index contributed by atoms with van der Waals surface area (Å²) in [6.07, 6.45) is 9.65. The fourth-order valence-corrected chi connectivity index (χ4v) is 5.58. The third kappa shape index (κ3) is 4.89. The Kier molecular flexibility index (Phi) is 6.33. The molecular formula is C28H35FN4. The Hall–Kier alpha value is -2.53. The van der Waals surface area contributed by atoms with E-state index in [9.17, 15) is 4.39 Å². The normalized spacial score (nSPS) is 18.8. The van der Waals surface area contributed by atoms with Crippen LogP contribution in [0.25, 0.3) is 17.1 Å². The summed E-state index contributed by atoms with van der Waals surface area (Å²) >= 11 is 0. The first-order valence-corrected chi connectivity index (χ1v) is 12.6. The molecule has 174 valence electrons. The lowest BCUT2D eigenvalue weighted by Crippen LogP contribution is -2.40. The average Bonchev–Trinajstić information content (AvgIpc) is 3.25. The van der Waals surface area contributed by atoms with Crippen molar-refractivity contribution in [3.8, 4) is 17.1 Å². The molecule has 2 aliphatic rings. The molecular weight excluding hydrogens is 411 g/mol. The minimum absolute atomic E-state index is 0.244. The quantitative estimate of drug-likeness (QED) is 0.435. The third-order valence-corrected chi connectivity index (χ3v) is 7.75. The number of hydrogen-bond acceptors (Lipinski definition) is 3. The Labute approximate surface area is 196 Å². The first-order chi connectivity index (χ1) is 16.0. The molecule has 0 amide bonds. The maximum atomic E-state index is 13.6. The second-order valence-electron chi connectivity index (χ2n) is 10.4. The average molecular weight is 447 g/mol. The largest absolute Gasteiger partial charge is 0.296 e. The van der Waals surface area contributed by atoms with Crippen molar-refractivity contribution in [3.05, 3.63) is 65.7 Å². The van der Waals surface area contributed by atoms with Gasteiger partial charge in [0.1, 0.15) is 5.82 Å². The molecule has 33 heavy (non-hydrogen) atoms. The standard InChI is InChI=1S/C28H35FN4/c1-21(2)22-6-8-23(9-7-22)27-30-26(31-33(27)25-12-10-24(29)11-13-25)20-32-18-16-28(17-19-32)14-4-3-5-15-28/h6-13,21H,3-5,14-20H2,1-2H3. The van der Waals surface area contributed by atoms with Crippen molar-refractivity contribution in [2.75, 3.05) is 13.1 Å². The number of aromatic nitrogens is 3. The second kappa shape index (κ2) is 9.38. The summed E-state index contributed by atoms with van der Waals surface area (Å²) in [5.41, 5.74) is 3.76. The van der Waals surface area contributed by atoms with E-state index in [1.165, 1.54) is 62.6 Å². The molecule has 5 rings (SSSR count). The summed E-state index contributed by atoms with van der Waals surface area (Å²) in [5, 5.41) is 4.88. The van der Waals surface area contributed by atoms with Gasteiger partial charge in [0.25, 0.3) is 0 Å².